The highest BCUT2D eigenvalue weighted by Gasteiger charge is 2.39. The van der Waals surface area contributed by atoms with Crippen molar-refractivity contribution in [2.24, 2.45) is 0 Å². The molecule has 2 aliphatic rings. The summed E-state index contributed by atoms with van der Waals surface area (Å²) in [6.07, 6.45) is 2.50. The topological polar surface area (TPSA) is 96.7 Å². The van der Waals surface area contributed by atoms with Crippen LogP contribution in [-0.2, 0) is 4.79 Å². The number of allylic oxidation sites excluding steroid dienone is 2. The Morgan fingerprint density at radius 2 is 1.71 bits per heavy atom. The van der Waals surface area contributed by atoms with Crippen LogP contribution in [0.15, 0.2) is 54.0 Å². The number of rotatable bonds is 7. The molecule has 0 radical (unpaired) electrons. The predicted molar refractivity (Wildman–Crippen MR) is 130 cm³/mol. The molecule has 35 heavy (non-hydrogen) atoms. The Labute approximate surface area is 203 Å². The first-order valence-electron chi connectivity index (χ1n) is 11.5. The Bertz CT molecular complexity index is 1260. The lowest BCUT2D eigenvalue weighted by Gasteiger charge is -2.35. The molecule has 182 valence electrons. The zero-order valence-electron chi connectivity index (χ0n) is 20.2. The van der Waals surface area contributed by atoms with Gasteiger partial charge >= 0.3 is 0 Å². The lowest BCUT2D eigenvalue weighted by atomic mass is 9.77. The van der Waals surface area contributed by atoms with Crippen LogP contribution in [0.5, 0.6) is 23.0 Å². The third-order valence-electron chi connectivity index (χ3n) is 6.53. The van der Waals surface area contributed by atoms with Crippen molar-refractivity contribution >= 4 is 11.7 Å². The molecule has 0 spiro atoms. The molecule has 2 aromatic carbocycles. The highest BCUT2D eigenvalue weighted by molar-refractivity contribution is 6.00. The van der Waals surface area contributed by atoms with Gasteiger partial charge in [0.2, 0.25) is 11.7 Å². The number of nitrogens with zero attached hydrogens (tertiary/aromatic N) is 3. The maximum atomic E-state index is 13.7. The molecular formula is C26H28N4O5. The van der Waals surface area contributed by atoms with E-state index in [-0.39, 0.29) is 17.7 Å². The van der Waals surface area contributed by atoms with E-state index in [0.717, 1.165) is 28.1 Å². The van der Waals surface area contributed by atoms with Gasteiger partial charge in [-0.3, -0.25) is 4.79 Å². The van der Waals surface area contributed by atoms with Crippen LogP contribution in [0.2, 0.25) is 0 Å². The molecule has 1 N–H and O–H groups in total. The summed E-state index contributed by atoms with van der Waals surface area (Å²) in [6, 6.07) is 11.3. The average Bonchev–Trinajstić information content (AvgIpc) is 3.35. The maximum absolute atomic E-state index is 13.7. The molecule has 0 amide bonds. The average molecular weight is 477 g/mol. The van der Waals surface area contributed by atoms with Gasteiger partial charge in [-0.25, -0.2) is 4.68 Å². The van der Waals surface area contributed by atoms with Crippen LogP contribution in [0.3, 0.4) is 0 Å². The molecule has 2 atom stereocenters. The third kappa shape index (κ3) is 3.96. The quantitative estimate of drug-likeness (QED) is 0.544. The molecule has 5 rings (SSSR count). The van der Waals surface area contributed by atoms with E-state index >= 15 is 0 Å². The third-order valence-corrected chi connectivity index (χ3v) is 6.53. The lowest BCUT2D eigenvalue weighted by molar-refractivity contribution is -0.116. The van der Waals surface area contributed by atoms with Gasteiger partial charge in [0, 0.05) is 17.7 Å². The molecule has 2 unspecified atom stereocenters. The fourth-order valence-corrected chi connectivity index (χ4v) is 4.95. The van der Waals surface area contributed by atoms with Crippen molar-refractivity contribution in [3.63, 3.8) is 0 Å². The second-order valence-electron chi connectivity index (χ2n) is 8.44. The van der Waals surface area contributed by atoms with Crippen molar-refractivity contribution in [1.29, 1.82) is 0 Å². The minimum Gasteiger partial charge on any atom is -0.494 e. The molecule has 0 saturated carbocycles. The Morgan fingerprint density at radius 3 is 2.34 bits per heavy atom. The summed E-state index contributed by atoms with van der Waals surface area (Å²) in [5.74, 6) is 3.07. The van der Waals surface area contributed by atoms with Crippen LogP contribution in [0.25, 0.3) is 0 Å². The van der Waals surface area contributed by atoms with Crippen LogP contribution >= 0.6 is 0 Å². The smallest absolute Gasteiger partial charge is 0.226 e. The highest BCUT2D eigenvalue weighted by atomic mass is 16.5. The summed E-state index contributed by atoms with van der Waals surface area (Å²) in [7, 11) is 4.75. The largest absolute Gasteiger partial charge is 0.494 e. The van der Waals surface area contributed by atoms with Crippen LogP contribution in [-0.4, -0.2) is 48.5 Å². The van der Waals surface area contributed by atoms with Crippen molar-refractivity contribution < 1.29 is 23.7 Å². The zero-order chi connectivity index (χ0) is 24.5. The van der Waals surface area contributed by atoms with E-state index in [2.05, 4.69) is 15.4 Å². The number of ketones is 1. The number of hydrogen-bond acceptors (Lipinski definition) is 8. The molecule has 1 aliphatic heterocycles. The number of Topliss-reactive ketones (excluding diaryl/α,β-unsaturated/α-hetero) is 1. The van der Waals surface area contributed by atoms with Crippen molar-refractivity contribution in [3.05, 3.63) is 65.1 Å². The standard InChI is InChI=1S/C26H28N4O5/c1-5-35-18-8-6-15(7-9-18)24-23-19(29-26-27-14-28-30(24)26)10-16(11-20(23)31)17-12-21(32-2)25(34-4)22(13-17)33-3/h6-9,12-14,16,24H,5,10-11H2,1-4H3,(H,27,28,29). The minimum atomic E-state index is -0.354. The number of hydrogen-bond donors (Lipinski definition) is 1. The van der Waals surface area contributed by atoms with Gasteiger partial charge in [0.15, 0.2) is 17.3 Å². The molecule has 9 heteroatoms. The van der Waals surface area contributed by atoms with Crippen molar-refractivity contribution in [2.45, 2.75) is 31.7 Å². The zero-order valence-corrected chi connectivity index (χ0v) is 20.2. The number of methoxy groups -OCH3 is 3. The molecular weight excluding hydrogens is 448 g/mol. The summed E-state index contributed by atoms with van der Waals surface area (Å²) in [6.45, 7) is 2.54. The van der Waals surface area contributed by atoms with Crippen LogP contribution in [0.1, 0.15) is 42.9 Å². The SMILES string of the molecule is CCOc1ccc(C2C3=C(CC(c4cc(OC)c(OC)c(OC)c4)CC3=O)Nc3ncnn32)cc1. The lowest BCUT2D eigenvalue weighted by Crippen LogP contribution is -2.33. The van der Waals surface area contributed by atoms with E-state index in [4.69, 9.17) is 18.9 Å². The monoisotopic (exact) mass is 476 g/mol. The molecule has 3 aromatic rings. The van der Waals surface area contributed by atoms with Gasteiger partial charge in [-0.2, -0.15) is 10.1 Å². The van der Waals surface area contributed by atoms with E-state index in [1.54, 1.807) is 26.0 Å². The molecule has 0 saturated heterocycles. The molecule has 1 aromatic heterocycles. The second kappa shape index (κ2) is 9.32. The first kappa shape index (κ1) is 22.8. The van der Waals surface area contributed by atoms with Crippen LogP contribution in [0, 0.1) is 0 Å². The predicted octanol–water partition coefficient (Wildman–Crippen LogP) is 4.12. The minimum absolute atomic E-state index is 0.0575. The van der Waals surface area contributed by atoms with Gasteiger partial charge < -0.3 is 24.3 Å². The number of carbonyl (C=O) groups is 1. The Hall–Kier alpha value is -4.01. The van der Waals surface area contributed by atoms with E-state index < -0.39 is 0 Å². The normalized spacial score (nSPS) is 18.9. The number of benzene rings is 2. The Kier molecular flexibility index (Phi) is 6.07. The van der Waals surface area contributed by atoms with Crippen LogP contribution in [0.4, 0.5) is 5.95 Å². The molecule has 9 nitrogen and oxygen atoms in total. The molecule has 2 heterocycles. The summed E-state index contributed by atoms with van der Waals surface area (Å²) in [5, 5.41) is 7.78. The summed E-state index contributed by atoms with van der Waals surface area (Å²) < 4.78 is 23.9. The molecule has 0 fully saturated rings. The number of aromatic nitrogens is 3. The Balaban J connectivity index is 1.54. The van der Waals surface area contributed by atoms with E-state index in [1.165, 1.54) is 6.33 Å². The fraction of sp³-hybridized carbons (Fsp3) is 0.346. The highest BCUT2D eigenvalue weighted by Crippen LogP contribution is 2.47. The van der Waals surface area contributed by atoms with Gasteiger partial charge in [0.25, 0.3) is 0 Å². The van der Waals surface area contributed by atoms with Gasteiger partial charge in [-0.05, 0) is 54.7 Å². The van der Waals surface area contributed by atoms with E-state index in [1.807, 2.05) is 43.3 Å². The number of anilines is 1. The van der Waals surface area contributed by atoms with Crippen LogP contribution < -0.4 is 24.3 Å². The van der Waals surface area contributed by atoms with Gasteiger partial charge in [0.1, 0.15) is 18.1 Å². The van der Waals surface area contributed by atoms with Crippen molar-refractivity contribution in [1.82, 2.24) is 14.8 Å². The fourth-order valence-electron chi connectivity index (χ4n) is 4.95. The summed E-state index contributed by atoms with van der Waals surface area (Å²) in [4.78, 5) is 18.0. The second-order valence-corrected chi connectivity index (χ2v) is 8.44. The Morgan fingerprint density at radius 1 is 1.00 bits per heavy atom. The first-order chi connectivity index (χ1) is 17.1. The van der Waals surface area contributed by atoms with Gasteiger partial charge in [-0.1, -0.05) is 12.1 Å². The number of fused-ring (bicyclic) bond motifs is 1. The number of carbonyl (C=O) groups excluding carboxylic acids is 1. The maximum Gasteiger partial charge on any atom is 0.226 e. The molecule has 1 aliphatic carbocycles. The van der Waals surface area contributed by atoms with Gasteiger partial charge in [0.05, 0.1) is 27.9 Å². The summed E-state index contributed by atoms with van der Waals surface area (Å²) >= 11 is 0. The van der Waals surface area contributed by atoms with Crippen molar-refractivity contribution in [3.8, 4) is 23.0 Å². The molecule has 0 bridgehead atoms. The first-order valence-corrected chi connectivity index (χ1v) is 11.5. The number of nitrogens with one attached hydrogen (secondary N) is 1. The van der Waals surface area contributed by atoms with Gasteiger partial charge in [-0.15, -0.1) is 0 Å². The number of ether oxygens (including phenoxy) is 4. The van der Waals surface area contributed by atoms with E-state index in [0.29, 0.717) is 42.6 Å². The van der Waals surface area contributed by atoms with Crippen molar-refractivity contribution in [2.75, 3.05) is 33.3 Å². The summed E-state index contributed by atoms with van der Waals surface area (Å²) in [5.41, 5.74) is 3.48. The van der Waals surface area contributed by atoms with E-state index in [9.17, 15) is 4.79 Å².